The highest BCUT2D eigenvalue weighted by molar-refractivity contribution is 6.30. The van der Waals surface area contributed by atoms with E-state index >= 15 is 0 Å². The smallest absolute Gasteiger partial charge is 0.229 e. The highest BCUT2D eigenvalue weighted by Crippen LogP contribution is 2.29. The van der Waals surface area contributed by atoms with Gasteiger partial charge >= 0.3 is 6.18 Å². The third kappa shape index (κ3) is 2.64. The molecule has 1 aromatic carbocycles. The Morgan fingerprint density at radius 2 is 1.83 bits per heavy atom. The molecule has 0 fully saturated rings. The Bertz CT molecular complexity index is 546. The van der Waals surface area contributed by atoms with Crippen LogP contribution in [-0.4, -0.2) is 15.0 Å². The van der Waals surface area contributed by atoms with Gasteiger partial charge < -0.3 is 0 Å². The van der Waals surface area contributed by atoms with Crippen LogP contribution in [0.1, 0.15) is 16.8 Å². The van der Waals surface area contributed by atoms with Crippen molar-refractivity contribution < 1.29 is 13.2 Å². The van der Waals surface area contributed by atoms with Crippen LogP contribution < -0.4 is 0 Å². The van der Waals surface area contributed by atoms with Crippen molar-refractivity contribution in [2.24, 2.45) is 0 Å². The minimum absolute atomic E-state index is 0.289. The molecule has 1 aromatic heterocycles. The van der Waals surface area contributed by atoms with E-state index in [9.17, 15) is 13.2 Å². The third-order valence-corrected chi connectivity index (χ3v) is 2.91. The molecule has 1 heterocycles. The van der Waals surface area contributed by atoms with Gasteiger partial charge in [0.1, 0.15) is 0 Å². The number of rotatable bonds is 2. The molecule has 96 valence electrons. The number of aryl methyl sites for hydroxylation is 1. The fraction of sp³-hybridized carbons (Fsp3) is 0.273. The number of alkyl halides is 3. The van der Waals surface area contributed by atoms with Crippen LogP contribution >= 0.6 is 11.6 Å². The lowest BCUT2D eigenvalue weighted by Crippen LogP contribution is -2.06. The molecule has 7 heteroatoms. The van der Waals surface area contributed by atoms with E-state index in [4.69, 9.17) is 11.6 Å². The van der Waals surface area contributed by atoms with Crippen LogP contribution in [0.3, 0.4) is 0 Å². The Labute approximate surface area is 106 Å². The third-order valence-electron chi connectivity index (χ3n) is 2.44. The van der Waals surface area contributed by atoms with Gasteiger partial charge in [-0.15, -0.1) is 5.10 Å². The summed E-state index contributed by atoms with van der Waals surface area (Å²) in [5.41, 5.74) is 0.588. The number of benzene rings is 1. The number of halogens is 4. The van der Waals surface area contributed by atoms with E-state index in [1.165, 1.54) is 16.8 Å². The van der Waals surface area contributed by atoms with Gasteiger partial charge in [0.2, 0.25) is 0 Å². The van der Waals surface area contributed by atoms with Crippen LogP contribution in [0.4, 0.5) is 13.2 Å². The molecule has 3 nitrogen and oxygen atoms in total. The zero-order valence-corrected chi connectivity index (χ0v) is 10.1. The summed E-state index contributed by atoms with van der Waals surface area (Å²) in [6.07, 6.45) is -4.32. The molecule has 0 spiro atoms. The quantitative estimate of drug-likeness (QED) is 0.842. The number of nitrogens with zero attached hydrogens (tertiary/aromatic N) is 3. The maximum Gasteiger partial charge on any atom is 0.416 e. The molecule has 0 amide bonds. The predicted molar refractivity (Wildman–Crippen MR) is 60.3 cm³/mol. The minimum Gasteiger partial charge on any atom is -0.229 e. The van der Waals surface area contributed by atoms with Gasteiger partial charge in [-0.05, 0) is 24.6 Å². The Morgan fingerprint density at radius 3 is 2.28 bits per heavy atom. The molecule has 2 aromatic rings. The average molecular weight is 276 g/mol. The van der Waals surface area contributed by atoms with Gasteiger partial charge in [0.25, 0.3) is 0 Å². The van der Waals surface area contributed by atoms with E-state index in [0.717, 1.165) is 12.1 Å². The van der Waals surface area contributed by atoms with Crippen LogP contribution in [0.15, 0.2) is 24.3 Å². The van der Waals surface area contributed by atoms with Crippen molar-refractivity contribution in [3.8, 4) is 0 Å². The topological polar surface area (TPSA) is 30.7 Å². The largest absolute Gasteiger partial charge is 0.416 e. The maximum absolute atomic E-state index is 12.4. The van der Waals surface area contributed by atoms with E-state index in [1.807, 2.05) is 0 Å². The van der Waals surface area contributed by atoms with Gasteiger partial charge in [-0.2, -0.15) is 13.2 Å². The van der Waals surface area contributed by atoms with E-state index in [-0.39, 0.29) is 6.54 Å². The second-order valence-corrected chi connectivity index (χ2v) is 4.18. The van der Waals surface area contributed by atoms with Crippen molar-refractivity contribution in [2.45, 2.75) is 19.6 Å². The van der Waals surface area contributed by atoms with Crippen LogP contribution in [0.2, 0.25) is 5.15 Å². The van der Waals surface area contributed by atoms with Gasteiger partial charge in [-0.3, -0.25) is 0 Å². The standard InChI is InChI=1S/C11H9ClF3N3/c1-7-10(12)18(17-16-7)6-8-2-4-9(5-3-8)11(13,14)15/h2-5H,6H2,1H3. The Balaban J connectivity index is 2.19. The molecule has 0 unspecified atom stereocenters. The summed E-state index contributed by atoms with van der Waals surface area (Å²) in [5.74, 6) is 0. The van der Waals surface area contributed by atoms with Crippen molar-refractivity contribution in [1.29, 1.82) is 0 Å². The summed E-state index contributed by atoms with van der Waals surface area (Å²) in [7, 11) is 0. The summed E-state index contributed by atoms with van der Waals surface area (Å²) >= 11 is 5.92. The van der Waals surface area contributed by atoms with Crippen LogP contribution in [0.25, 0.3) is 0 Å². The second kappa shape index (κ2) is 4.61. The van der Waals surface area contributed by atoms with Crippen LogP contribution in [0.5, 0.6) is 0 Å². The number of hydrogen-bond acceptors (Lipinski definition) is 2. The molecule has 0 aliphatic heterocycles. The second-order valence-electron chi connectivity index (χ2n) is 3.82. The zero-order chi connectivity index (χ0) is 13.3. The molecule has 0 saturated heterocycles. The lowest BCUT2D eigenvalue weighted by Gasteiger charge is -2.07. The molecule has 0 aliphatic rings. The van der Waals surface area contributed by atoms with Crippen LogP contribution in [-0.2, 0) is 12.7 Å². The van der Waals surface area contributed by atoms with E-state index in [1.54, 1.807) is 6.92 Å². The van der Waals surface area contributed by atoms with Crippen molar-refractivity contribution >= 4 is 11.6 Å². The fourth-order valence-corrected chi connectivity index (χ4v) is 1.59. The average Bonchev–Trinajstić information content (AvgIpc) is 2.61. The molecule has 0 bridgehead atoms. The molecule has 0 saturated carbocycles. The van der Waals surface area contributed by atoms with Gasteiger partial charge in [0.05, 0.1) is 17.8 Å². The first-order valence-corrected chi connectivity index (χ1v) is 5.47. The highest BCUT2D eigenvalue weighted by Gasteiger charge is 2.29. The monoisotopic (exact) mass is 275 g/mol. The maximum atomic E-state index is 12.4. The molecule has 0 atom stereocenters. The zero-order valence-electron chi connectivity index (χ0n) is 9.37. The molecular formula is C11H9ClF3N3. The Hall–Kier alpha value is -1.56. The highest BCUT2D eigenvalue weighted by atomic mass is 35.5. The summed E-state index contributed by atoms with van der Waals surface area (Å²) in [6.45, 7) is 2.00. The van der Waals surface area contributed by atoms with Gasteiger partial charge in [0, 0.05) is 0 Å². The van der Waals surface area contributed by atoms with Crippen LogP contribution in [0, 0.1) is 6.92 Å². The molecular weight excluding hydrogens is 267 g/mol. The first-order valence-electron chi connectivity index (χ1n) is 5.09. The SMILES string of the molecule is Cc1nnn(Cc2ccc(C(F)(F)F)cc2)c1Cl. The molecule has 18 heavy (non-hydrogen) atoms. The molecule has 0 aliphatic carbocycles. The van der Waals surface area contributed by atoms with Crippen molar-refractivity contribution in [3.05, 3.63) is 46.2 Å². The van der Waals surface area contributed by atoms with Crippen molar-refractivity contribution in [2.75, 3.05) is 0 Å². The van der Waals surface area contributed by atoms with E-state index < -0.39 is 11.7 Å². The summed E-state index contributed by atoms with van der Waals surface area (Å²) in [6, 6.07) is 4.87. The summed E-state index contributed by atoms with van der Waals surface area (Å²) < 4.78 is 38.5. The lowest BCUT2D eigenvalue weighted by atomic mass is 10.1. The van der Waals surface area contributed by atoms with Gasteiger partial charge in [0.15, 0.2) is 5.15 Å². The van der Waals surface area contributed by atoms with Gasteiger partial charge in [-0.25, -0.2) is 4.68 Å². The predicted octanol–water partition coefficient (Wildman–Crippen LogP) is 3.31. The fourth-order valence-electron chi connectivity index (χ4n) is 1.46. The first kappa shape index (κ1) is 12.9. The Kier molecular flexibility index (Phi) is 3.30. The van der Waals surface area contributed by atoms with E-state index in [2.05, 4.69) is 10.3 Å². The van der Waals surface area contributed by atoms with E-state index in [0.29, 0.717) is 16.4 Å². The van der Waals surface area contributed by atoms with Gasteiger partial charge in [-0.1, -0.05) is 28.9 Å². The summed E-state index contributed by atoms with van der Waals surface area (Å²) in [4.78, 5) is 0. The lowest BCUT2D eigenvalue weighted by molar-refractivity contribution is -0.137. The Morgan fingerprint density at radius 1 is 1.22 bits per heavy atom. The van der Waals surface area contributed by atoms with Crippen molar-refractivity contribution in [3.63, 3.8) is 0 Å². The first-order chi connectivity index (χ1) is 8.38. The number of hydrogen-bond donors (Lipinski definition) is 0. The minimum atomic E-state index is -4.32. The summed E-state index contributed by atoms with van der Waals surface area (Å²) in [5, 5.41) is 7.95. The number of aromatic nitrogens is 3. The molecule has 2 rings (SSSR count). The molecule has 0 radical (unpaired) electrons. The van der Waals surface area contributed by atoms with Crippen molar-refractivity contribution in [1.82, 2.24) is 15.0 Å². The molecule has 0 N–H and O–H groups in total. The normalized spacial score (nSPS) is 11.8.